The molecule has 1 aromatic heterocycles. The first-order valence-electron chi connectivity index (χ1n) is 9.08. The Bertz CT molecular complexity index is 907. The molecule has 6 heteroatoms. The van der Waals surface area contributed by atoms with Gasteiger partial charge in [0, 0.05) is 37.8 Å². The molecule has 1 saturated heterocycles. The molecule has 0 radical (unpaired) electrons. The number of para-hydroxylation sites is 1. The lowest BCUT2D eigenvalue weighted by molar-refractivity contribution is 0.312. The normalized spacial score (nSPS) is 15.0. The van der Waals surface area contributed by atoms with Gasteiger partial charge in [-0.15, -0.1) is 0 Å². The van der Waals surface area contributed by atoms with Crippen molar-refractivity contribution in [2.45, 2.75) is 0 Å². The standard InChI is InChI=1S/C21H22FN5/c1-26-11-13-27(14-12-26)20-15-19(23-18-10-6-5-9-17(18)22)24-21(25-20)16-7-3-2-4-8-16/h2-10,15H,11-14H2,1H3,(H,23,24,25). The van der Waals surface area contributed by atoms with Crippen molar-refractivity contribution in [3.05, 3.63) is 66.5 Å². The molecule has 138 valence electrons. The predicted molar refractivity (Wildman–Crippen MR) is 107 cm³/mol. The lowest BCUT2D eigenvalue weighted by atomic mass is 10.2. The van der Waals surface area contributed by atoms with E-state index < -0.39 is 0 Å². The van der Waals surface area contributed by atoms with E-state index in [9.17, 15) is 4.39 Å². The summed E-state index contributed by atoms with van der Waals surface area (Å²) in [5, 5.41) is 3.11. The van der Waals surface area contributed by atoms with E-state index in [1.807, 2.05) is 36.4 Å². The molecule has 4 rings (SSSR count). The summed E-state index contributed by atoms with van der Waals surface area (Å²) < 4.78 is 14.1. The van der Waals surface area contributed by atoms with Gasteiger partial charge in [-0.1, -0.05) is 42.5 Å². The van der Waals surface area contributed by atoms with E-state index >= 15 is 0 Å². The van der Waals surface area contributed by atoms with E-state index in [1.54, 1.807) is 18.2 Å². The first kappa shape index (κ1) is 17.4. The van der Waals surface area contributed by atoms with Gasteiger partial charge in [0.25, 0.3) is 0 Å². The predicted octanol–water partition coefficient (Wildman–Crippen LogP) is 3.78. The van der Waals surface area contributed by atoms with E-state index in [0.29, 0.717) is 17.3 Å². The molecule has 27 heavy (non-hydrogen) atoms. The molecule has 3 aromatic rings. The highest BCUT2D eigenvalue weighted by Gasteiger charge is 2.18. The van der Waals surface area contributed by atoms with Gasteiger partial charge in [0.1, 0.15) is 17.5 Å². The number of nitrogens with zero attached hydrogens (tertiary/aromatic N) is 4. The van der Waals surface area contributed by atoms with Crippen LogP contribution in [0.3, 0.4) is 0 Å². The third kappa shape index (κ3) is 4.06. The van der Waals surface area contributed by atoms with Gasteiger partial charge in [-0.25, -0.2) is 14.4 Å². The molecule has 1 aliphatic heterocycles. The number of likely N-dealkylation sites (N-methyl/N-ethyl adjacent to an activating group) is 1. The molecular weight excluding hydrogens is 341 g/mol. The summed E-state index contributed by atoms with van der Waals surface area (Å²) in [6, 6.07) is 18.4. The number of aromatic nitrogens is 2. The molecule has 0 bridgehead atoms. The van der Waals surface area contributed by atoms with Crippen LogP contribution in [-0.4, -0.2) is 48.1 Å². The first-order chi connectivity index (χ1) is 13.2. The largest absolute Gasteiger partial charge is 0.354 e. The van der Waals surface area contributed by atoms with E-state index in [2.05, 4.69) is 27.1 Å². The zero-order valence-electron chi connectivity index (χ0n) is 15.3. The van der Waals surface area contributed by atoms with Gasteiger partial charge < -0.3 is 15.1 Å². The summed E-state index contributed by atoms with van der Waals surface area (Å²) in [6.45, 7) is 3.78. The molecule has 0 unspecified atom stereocenters. The molecular formula is C21H22FN5. The van der Waals surface area contributed by atoms with E-state index in [0.717, 1.165) is 37.6 Å². The fourth-order valence-corrected chi connectivity index (χ4v) is 3.11. The molecule has 0 amide bonds. The number of piperazine rings is 1. The molecule has 0 aliphatic carbocycles. The Morgan fingerprint density at radius 1 is 0.889 bits per heavy atom. The molecule has 1 N–H and O–H groups in total. The topological polar surface area (TPSA) is 44.3 Å². The molecule has 1 aliphatic rings. The van der Waals surface area contributed by atoms with Gasteiger partial charge in [0.2, 0.25) is 0 Å². The smallest absolute Gasteiger partial charge is 0.163 e. The van der Waals surface area contributed by atoms with Crippen LogP contribution in [0.2, 0.25) is 0 Å². The first-order valence-corrected chi connectivity index (χ1v) is 9.08. The van der Waals surface area contributed by atoms with Crippen molar-refractivity contribution in [1.82, 2.24) is 14.9 Å². The fourth-order valence-electron chi connectivity index (χ4n) is 3.11. The van der Waals surface area contributed by atoms with Crippen molar-refractivity contribution in [2.24, 2.45) is 0 Å². The van der Waals surface area contributed by atoms with Gasteiger partial charge in [-0.05, 0) is 19.2 Å². The lowest BCUT2D eigenvalue weighted by Crippen LogP contribution is -2.44. The highest BCUT2D eigenvalue weighted by molar-refractivity contribution is 5.65. The number of rotatable bonds is 4. The van der Waals surface area contributed by atoms with Gasteiger partial charge in [-0.2, -0.15) is 0 Å². The average Bonchev–Trinajstić information content (AvgIpc) is 2.71. The van der Waals surface area contributed by atoms with Crippen LogP contribution in [0.4, 0.5) is 21.7 Å². The Kier molecular flexibility index (Phi) is 4.98. The molecule has 2 aromatic carbocycles. The van der Waals surface area contributed by atoms with Gasteiger partial charge in [0.05, 0.1) is 5.69 Å². The fraction of sp³-hybridized carbons (Fsp3) is 0.238. The minimum Gasteiger partial charge on any atom is -0.354 e. The second-order valence-electron chi connectivity index (χ2n) is 6.70. The summed E-state index contributed by atoms with van der Waals surface area (Å²) in [6.07, 6.45) is 0. The summed E-state index contributed by atoms with van der Waals surface area (Å²) in [5.41, 5.74) is 1.34. The highest BCUT2D eigenvalue weighted by atomic mass is 19.1. The Morgan fingerprint density at radius 2 is 1.59 bits per heavy atom. The number of hydrogen-bond acceptors (Lipinski definition) is 5. The average molecular weight is 363 g/mol. The van der Waals surface area contributed by atoms with Crippen LogP contribution in [0.15, 0.2) is 60.7 Å². The van der Waals surface area contributed by atoms with Gasteiger partial charge in [0.15, 0.2) is 5.82 Å². The second kappa shape index (κ2) is 7.72. The maximum absolute atomic E-state index is 14.1. The maximum Gasteiger partial charge on any atom is 0.163 e. The minimum atomic E-state index is -0.307. The van der Waals surface area contributed by atoms with Crippen molar-refractivity contribution in [3.8, 4) is 11.4 Å². The van der Waals surface area contributed by atoms with Crippen molar-refractivity contribution < 1.29 is 4.39 Å². The number of hydrogen-bond donors (Lipinski definition) is 1. The molecule has 2 heterocycles. The quantitative estimate of drug-likeness (QED) is 0.764. The van der Waals surface area contributed by atoms with Gasteiger partial charge in [-0.3, -0.25) is 0 Å². The Balaban J connectivity index is 1.71. The maximum atomic E-state index is 14.1. The third-order valence-corrected chi connectivity index (χ3v) is 4.71. The van der Waals surface area contributed by atoms with E-state index in [1.165, 1.54) is 6.07 Å². The zero-order chi connectivity index (χ0) is 18.6. The Hall–Kier alpha value is -2.99. The van der Waals surface area contributed by atoms with Crippen LogP contribution in [0, 0.1) is 5.82 Å². The van der Waals surface area contributed by atoms with Crippen molar-refractivity contribution in [2.75, 3.05) is 43.4 Å². The molecule has 1 fully saturated rings. The van der Waals surface area contributed by atoms with E-state index in [-0.39, 0.29) is 5.82 Å². The van der Waals surface area contributed by atoms with Crippen LogP contribution in [0.1, 0.15) is 0 Å². The monoisotopic (exact) mass is 363 g/mol. The SMILES string of the molecule is CN1CCN(c2cc(Nc3ccccc3F)nc(-c3ccccc3)n2)CC1. The Morgan fingerprint density at radius 3 is 2.33 bits per heavy atom. The van der Waals surface area contributed by atoms with Crippen LogP contribution in [0.25, 0.3) is 11.4 Å². The van der Waals surface area contributed by atoms with Crippen LogP contribution < -0.4 is 10.2 Å². The summed E-state index contributed by atoms with van der Waals surface area (Å²) >= 11 is 0. The van der Waals surface area contributed by atoms with Crippen LogP contribution in [-0.2, 0) is 0 Å². The van der Waals surface area contributed by atoms with Crippen molar-refractivity contribution in [3.63, 3.8) is 0 Å². The van der Waals surface area contributed by atoms with E-state index in [4.69, 9.17) is 4.98 Å². The van der Waals surface area contributed by atoms with Crippen molar-refractivity contribution in [1.29, 1.82) is 0 Å². The second-order valence-corrected chi connectivity index (χ2v) is 6.70. The summed E-state index contributed by atoms with van der Waals surface area (Å²) in [5.74, 6) is 1.77. The van der Waals surface area contributed by atoms with Gasteiger partial charge >= 0.3 is 0 Å². The molecule has 0 saturated carbocycles. The van der Waals surface area contributed by atoms with Crippen LogP contribution in [0.5, 0.6) is 0 Å². The Labute approximate surface area is 158 Å². The number of benzene rings is 2. The molecule has 0 atom stereocenters. The molecule has 0 spiro atoms. The number of halogens is 1. The number of anilines is 3. The zero-order valence-corrected chi connectivity index (χ0v) is 15.3. The highest BCUT2D eigenvalue weighted by Crippen LogP contribution is 2.26. The molecule has 5 nitrogen and oxygen atoms in total. The van der Waals surface area contributed by atoms with Crippen molar-refractivity contribution >= 4 is 17.3 Å². The minimum absolute atomic E-state index is 0.307. The number of nitrogens with one attached hydrogen (secondary N) is 1. The lowest BCUT2D eigenvalue weighted by Gasteiger charge is -2.33. The third-order valence-electron chi connectivity index (χ3n) is 4.71. The summed E-state index contributed by atoms with van der Waals surface area (Å²) in [7, 11) is 2.12. The summed E-state index contributed by atoms with van der Waals surface area (Å²) in [4.78, 5) is 14.0. The van der Waals surface area contributed by atoms with Crippen LogP contribution >= 0.6 is 0 Å².